The monoisotopic (exact) mass is 397 g/mol. The number of methoxy groups -OCH3 is 1. The van der Waals surface area contributed by atoms with E-state index in [-0.39, 0.29) is 5.97 Å². The Morgan fingerprint density at radius 1 is 1.14 bits per heavy atom. The van der Waals surface area contributed by atoms with Crippen LogP contribution in [0.2, 0.25) is 0 Å². The second-order valence-electron chi connectivity index (χ2n) is 7.57. The zero-order valence-electron chi connectivity index (χ0n) is 16.8. The molecule has 1 atom stereocenters. The lowest BCUT2D eigenvalue weighted by Gasteiger charge is -2.32. The zero-order valence-corrected chi connectivity index (χ0v) is 16.8. The number of rotatable bonds is 7. The number of nitrogens with zero attached hydrogens (tertiary/aromatic N) is 1. The molecule has 0 spiro atoms. The van der Waals surface area contributed by atoms with Crippen LogP contribution in [0, 0.1) is 5.92 Å². The molecule has 6 heteroatoms. The van der Waals surface area contributed by atoms with Gasteiger partial charge in [-0.05, 0) is 67.8 Å². The Balaban J connectivity index is 1.23. The summed E-state index contributed by atoms with van der Waals surface area (Å²) in [5, 5.41) is 0. The van der Waals surface area contributed by atoms with Crippen molar-refractivity contribution in [3.05, 3.63) is 53.6 Å². The van der Waals surface area contributed by atoms with Crippen molar-refractivity contribution < 1.29 is 23.7 Å². The van der Waals surface area contributed by atoms with Crippen molar-refractivity contribution in [2.75, 3.05) is 40.1 Å². The lowest BCUT2D eigenvalue weighted by Crippen LogP contribution is -2.38. The lowest BCUT2D eigenvalue weighted by molar-refractivity contribution is 0.0600. The van der Waals surface area contributed by atoms with Gasteiger partial charge in [-0.2, -0.15) is 0 Å². The number of likely N-dealkylation sites (tertiary alicyclic amines) is 1. The summed E-state index contributed by atoms with van der Waals surface area (Å²) in [5.41, 5.74) is 1.81. The van der Waals surface area contributed by atoms with Crippen molar-refractivity contribution in [3.8, 4) is 17.2 Å². The molecule has 1 fully saturated rings. The fourth-order valence-electron chi connectivity index (χ4n) is 3.89. The summed E-state index contributed by atoms with van der Waals surface area (Å²) in [7, 11) is 1.38. The van der Waals surface area contributed by atoms with Crippen molar-refractivity contribution in [1.29, 1.82) is 0 Å². The van der Waals surface area contributed by atoms with Crippen LogP contribution in [0.5, 0.6) is 17.2 Å². The van der Waals surface area contributed by atoms with Gasteiger partial charge in [-0.15, -0.1) is 0 Å². The van der Waals surface area contributed by atoms with Crippen LogP contribution in [0.15, 0.2) is 42.5 Å². The van der Waals surface area contributed by atoms with Gasteiger partial charge < -0.3 is 23.8 Å². The summed E-state index contributed by atoms with van der Waals surface area (Å²) < 4.78 is 21.5. The molecule has 1 unspecified atom stereocenters. The molecular weight excluding hydrogens is 370 g/mol. The number of fused-ring (bicyclic) bond motifs is 1. The summed E-state index contributed by atoms with van der Waals surface area (Å²) in [4.78, 5) is 14.0. The largest absolute Gasteiger partial charge is 0.493 e. The minimum Gasteiger partial charge on any atom is -0.493 e. The Labute approximate surface area is 171 Å². The van der Waals surface area contributed by atoms with Crippen molar-refractivity contribution in [2.24, 2.45) is 5.92 Å². The van der Waals surface area contributed by atoms with Gasteiger partial charge in [0.1, 0.15) is 5.75 Å². The molecule has 29 heavy (non-hydrogen) atoms. The van der Waals surface area contributed by atoms with Crippen LogP contribution in [-0.2, 0) is 11.2 Å². The highest BCUT2D eigenvalue weighted by molar-refractivity contribution is 5.89. The average molecular weight is 397 g/mol. The third-order valence-corrected chi connectivity index (χ3v) is 5.52. The fourth-order valence-corrected chi connectivity index (χ4v) is 3.89. The molecule has 4 rings (SSSR count). The molecule has 2 aliphatic heterocycles. The first kappa shape index (κ1) is 19.6. The summed E-state index contributed by atoms with van der Waals surface area (Å²) >= 11 is 0. The van der Waals surface area contributed by atoms with Crippen molar-refractivity contribution in [1.82, 2.24) is 4.90 Å². The summed E-state index contributed by atoms with van der Waals surface area (Å²) in [6.07, 6.45) is 3.37. The molecule has 0 radical (unpaired) electrons. The second-order valence-corrected chi connectivity index (χ2v) is 7.57. The van der Waals surface area contributed by atoms with Gasteiger partial charge in [-0.1, -0.05) is 6.07 Å². The van der Waals surface area contributed by atoms with Gasteiger partial charge >= 0.3 is 5.97 Å². The van der Waals surface area contributed by atoms with E-state index in [1.807, 2.05) is 18.2 Å². The van der Waals surface area contributed by atoms with Crippen LogP contribution in [0.3, 0.4) is 0 Å². The van der Waals surface area contributed by atoms with E-state index in [1.54, 1.807) is 12.1 Å². The van der Waals surface area contributed by atoms with E-state index in [0.29, 0.717) is 24.9 Å². The molecule has 0 amide bonds. The molecular formula is C23H27NO5. The minimum atomic E-state index is -0.332. The van der Waals surface area contributed by atoms with Gasteiger partial charge in [0.2, 0.25) is 6.79 Å². The second kappa shape index (κ2) is 9.18. The third kappa shape index (κ3) is 5.01. The number of ether oxygens (including phenoxy) is 4. The minimum absolute atomic E-state index is 0.317. The summed E-state index contributed by atoms with van der Waals surface area (Å²) in [6.45, 7) is 4.22. The number of hydrogen-bond acceptors (Lipinski definition) is 6. The van der Waals surface area contributed by atoms with Crippen molar-refractivity contribution >= 4 is 5.97 Å². The van der Waals surface area contributed by atoms with Crippen LogP contribution in [0.25, 0.3) is 0 Å². The topological polar surface area (TPSA) is 57.2 Å². The van der Waals surface area contributed by atoms with E-state index in [2.05, 4.69) is 17.0 Å². The average Bonchev–Trinajstić information content (AvgIpc) is 3.24. The molecule has 1 saturated heterocycles. The quantitative estimate of drug-likeness (QED) is 0.666. The first-order chi connectivity index (χ1) is 14.2. The van der Waals surface area contributed by atoms with E-state index >= 15 is 0 Å². The van der Waals surface area contributed by atoms with Gasteiger partial charge in [0.25, 0.3) is 0 Å². The molecule has 2 aromatic rings. The summed E-state index contributed by atoms with van der Waals surface area (Å²) in [5.74, 6) is 2.66. The third-order valence-electron chi connectivity index (χ3n) is 5.52. The molecule has 2 heterocycles. The van der Waals surface area contributed by atoms with Gasteiger partial charge in [-0.3, -0.25) is 0 Å². The molecule has 2 aliphatic rings. The van der Waals surface area contributed by atoms with Crippen LogP contribution >= 0.6 is 0 Å². The molecule has 154 valence electrons. The molecule has 0 aliphatic carbocycles. The first-order valence-corrected chi connectivity index (χ1v) is 10.1. The van der Waals surface area contributed by atoms with Gasteiger partial charge in [-0.25, -0.2) is 4.79 Å². The Morgan fingerprint density at radius 3 is 2.79 bits per heavy atom. The standard InChI is InChI=1S/C23H27NO5/c1-26-23(25)19-5-7-20(8-6-19)27-15-18-3-2-11-24(14-18)12-10-17-4-9-21-22(13-17)29-16-28-21/h4-9,13,18H,2-3,10-12,14-16H2,1H3. The van der Waals surface area contributed by atoms with Gasteiger partial charge in [0.05, 0.1) is 19.3 Å². The van der Waals surface area contributed by atoms with E-state index in [1.165, 1.54) is 25.5 Å². The SMILES string of the molecule is COC(=O)c1ccc(OCC2CCCN(CCc3ccc4c(c3)OCO4)C2)cc1. The maximum atomic E-state index is 11.5. The maximum absolute atomic E-state index is 11.5. The first-order valence-electron chi connectivity index (χ1n) is 10.1. The van der Waals surface area contributed by atoms with Crippen LogP contribution in [0.4, 0.5) is 0 Å². The Morgan fingerprint density at radius 2 is 1.97 bits per heavy atom. The zero-order chi connectivity index (χ0) is 20.1. The molecule has 0 aromatic heterocycles. The Kier molecular flexibility index (Phi) is 6.20. The predicted molar refractivity (Wildman–Crippen MR) is 109 cm³/mol. The van der Waals surface area contributed by atoms with E-state index in [4.69, 9.17) is 18.9 Å². The van der Waals surface area contributed by atoms with Crippen molar-refractivity contribution in [3.63, 3.8) is 0 Å². The molecule has 0 saturated carbocycles. The van der Waals surface area contributed by atoms with E-state index in [0.717, 1.165) is 43.3 Å². The highest BCUT2D eigenvalue weighted by atomic mass is 16.7. The number of carbonyl (C=O) groups is 1. The predicted octanol–water partition coefficient (Wildman–Crippen LogP) is 3.54. The smallest absolute Gasteiger partial charge is 0.337 e. The number of hydrogen-bond donors (Lipinski definition) is 0. The van der Waals surface area contributed by atoms with Crippen molar-refractivity contribution in [2.45, 2.75) is 19.3 Å². The number of piperidine rings is 1. The molecule has 2 aromatic carbocycles. The molecule has 0 N–H and O–H groups in total. The fraction of sp³-hybridized carbons (Fsp3) is 0.435. The molecule has 0 bridgehead atoms. The number of carbonyl (C=O) groups excluding carboxylic acids is 1. The summed E-state index contributed by atoms with van der Waals surface area (Å²) in [6, 6.07) is 13.3. The van der Waals surface area contributed by atoms with Crippen LogP contribution < -0.4 is 14.2 Å². The van der Waals surface area contributed by atoms with Crippen LogP contribution in [-0.4, -0.2) is 51.0 Å². The van der Waals surface area contributed by atoms with Gasteiger partial charge in [0, 0.05) is 19.0 Å². The van der Waals surface area contributed by atoms with Gasteiger partial charge in [0.15, 0.2) is 11.5 Å². The van der Waals surface area contributed by atoms with Crippen LogP contribution in [0.1, 0.15) is 28.8 Å². The van der Waals surface area contributed by atoms with E-state index in [9.17, 15) is 4.79 Å². The Bertz CT molecular complexity index is 836. The highest BCUT2D eigenvalue weighted by Gasteiger charge is 2.21. The molecule has 6 nitrogen and oxygen atoms in total. The number of benzene rings is 2. The maximum Gasteiger partial charge on any atom is 0.337 e. The van der Waals surface area contributed by atoms with E-state index < -0.39 is 0 Å². The lowest BCUT2D eigenvalue weighted by atomic mass is 9.98. The Hall–Kier alpha value is -2.73. The normalized spacial score (nSPS) is 18.4. The highest BCUT2D eigenvalue weighted by Crippen LogP contribution is 2.32. The number of esters is 1.